The summed E-state index contributed by atoms with van der Waals surface area (Å²) in [6.45, 7) is 1.25. The molecule has 21 heavy (non-hydrogen) atoms. The number of benzene rings is 1. The van der Waals surface area contributed by atoms with Crippen molar-refractivity contribution in [2.45, 2.75) is 44.0 Å². The zero-order valence-electron chi connectivity index (χ0n) is 12.1. The number of piperazine rings is 1. The van der Waals surface area contributed by atoms with Crippen molar-refractivity contribution >= 4 is 6.09 Å². The Hall–Kier alpha value is -1.59. The Morgan fingerprint density at radius 1 is 1.33 bits per heavy atom. The topological polar surface area (TPSA) is 61.8 Å². The lowest BCUT2D eigenvalue weighted by atomic mass is 10.0. The molecular weight excluding hydrogens is 268 g/mol. The van der Waals surface area contributed by atoms with E-state index in [4.69, 9.17) is 9.84 Å². The van der Waals surface area contributed by atoms with Crippen LogP contribution in [0.3, 0.4) is 0 Å². The number of carbonyl (C=O) groups excluding carboxylic acids is 1. The molecule has 3 atom stereocenters. The van der Waals surface area contributed by atoms with E-state index in [1.807, 2.05) is 35.2 Å². The van der Waals surface area contributed by atoms with Gasteiger partial charge in [-0.15, -0.1) is 0 Å². The van der Waals surface area contributed by atoms with Crippen LogP contribution in [-0.4, -0.2) is 47.4 Å². The van der Waals surface area contributed by atoms with Gasteiger partial charge in [-0.05, 0) is 24.8 Å². The van der Waals surface area contributed by atoms with Crippen LogP contribution in [0.5, 0.6) is 0 Å². The first kappa shape index (κ1) is 14.4. The number of ether oxygens (including phenoxy) is 1. The molecule has 0 saturated carbocycles. The number of aliphatic hydroxyl groups is 1. The van der Waals surface area contributed by atoms with Crippen molar-refractivity contribution in [3.05, 3.63) is 35.9 Å². The van der Waals surface area contributed by atoms with Gasteiger partial charge in [-0.3, -0.25) is 4.90 Å². The number of hydrogen-bond acceptors (Lipinski definition) is 4. The molecule has 2 heterocycles. The monoisotopic (exact) mass is 290 g/mol. The van der Waals surface area contributed by atoms with Gasteiger partial charge in [0.15, 0.2) is 0 Å². The summed E-state index contributed by atoms with van der Waals surface area (Å²) in [6.07, 6.45) is 2.46. The van der Waals surface area contributed by atoms with Gasteiger partial charge in [-0.1, -0.05) is 30.3 Å². The van der Waals surface area contributed by atoms with Crippen LogP contribution in [0.4, 0.5) is 4.79 Å². The zero-order valence-corrected chi connectivity index (χ0v) is 12.1. The Kier molecular flexibility index (Phi) is 4.41. The second kappa shape index (κ2) is 6.45. The van der Waals surface area contributed by atoms with Crippen LogP contribution in [0, 0.1) is 0 Å². The fourth-order valence-corrected chi connectivity index (χ4v) is 3.44. The quantitative estimate of drug-likeness (QED) is 0.882. The number of carbonyl (C=O) groups is 1. The van der Waals surface area contributed by atoms with E-state index in [2.05, 4.69) is 5.32 Å². The Morgan fingerprint density at radius 3 is 2.90 bits per heavy atom. The molecule has 1 amide bonds. The minimum Gasteiger partial charge on any atom is -0.445 e. The Bertz CT molecular complexity index is 480. The van der Waals surface area contributed by atoms with Gasteiger partial charge in [0, 0.05) is 25.2 Å². The second-order valence-corrected chi connectivity index (χ2v) is 5.77. The number of hydrogen-bond donors (Lipinski definition) is 2. The van der Waals surface area contributed by atoms with Gasteiger partial charge < -0.3 is 15.2 Å². The number of aliphatic hydroxyl groups excluding tert-OH is 1. The van der Waals surface area contributed by atoms with E-state index in [0.717, 1.165) is 24.9 Å². The van der Waals surface area contributed by atoms with Crippen molar-refractivity contribution in [2.75, 3.05) is 13.2 Å². The molecular formula is C16H22N2O3. The minimum atomic E-state index is -0.226. The number of amides is 1. The molecule has 2 N–H and O–H groups in total. The maximum Gasteiger partial charge on any atom is 0.410 e. The van der Waals surface area contributed by atoms with Gasteiger partial charge in [-0.2, -0.15) is 0 Å². The summed E-state index contributed by atoms with van der Waals surface area (Å²) < 4.78 is 5.47. The van der Waals surface area contributed by atoms with Crippen LogP contribution in [0.2, 0.25) is 0 Å². The summed E-state index contributed by atoms with van der Waals surface area (Å²) in [6, 6.07) is 10.3. The molecule has 5 nitrogen and oxygen atoms in total. The molecule has 2 saturated heterocycles. The third-order valence-corrected chi connectivity index (χ3v) is 4.48. The SMILES string of the molecule is O=C(OCc1ccccc1)N1[C@H]2CC[C@@H]1[C@@H](CCO)NC2. The molecule has 1 aromatic rings. The van der Waals surface area contributed by atoms with Crippen LogP contribution in [0.25, 0.3) is 0 Å². The smallest absolute Gasteiger partial charge is 0.410 e. The lowest BCUT2D eigenvalue weighted by Gasteiger charge is -2.39. The standard InChI is InChI=1S/C16H22N2O3/c19-9-8-14-15-7-6-13(10-17-14)18(15)16(20)21-11-12-4-2-1-3-5-12/h1-5,13-15,17,19H,6-11H2/t13-,14+,15+/m0/s1. The lowest BCUT2D eigenvalue weighted by molar-refractivity contribution is 0.0535. The van der Waals surface area contributed by atoms with E-state index >= 15 is 0 Å². The van der Waals surface area contributed by atoms with Gasteiger partial charge in [0.2, 0.25) is 0 Å². The van der Waals surface area contributed by atoms with E-state index < -0.39 is 0 Å². The third-order valence-electron chi connectivity index (χ3n) is 4.48. The highest BCUT2D eigenvalue weighted by Crippen LogP contribution is 2.31. The van der Waals surface area contributed by atoms with Gasteiger partial charge in [0.1, 0.15) is 6.61 Å². The Labute approximate surface area is 124 Å². The fourth-order valence-electron chi connectivity index (χ4n) is 3.44. The molecule has 114 valence electrons. The van der Waals surface area contributed by atoms with Crippen molar-refractivity contribution in [3.8, 4) is 0 Å². The summed E-state index contributed by atoms with van der Waals surface area (Å²) in [7, 11) is 0. The van der Waals surface area contributed by atoms with E-state index in [-0.39, 0.29) is 30.8 Å². The maximum absolute atomic E-state index is 12.4. The fraction of sp³-hybridized carbons (Fsp3) is 0.562. The normalized spacial score (nSPS) is 27.7. The molecule has 5 heteroatoms. The van der Waals surface area contributed by atoms with E-state index in [9.17, 15) is 4.79 Å². The van der Waals surface area contributed by atoms with Gasteiger partial charge in [0.25, 0.3) is 0 Å². The third kappa shape index (κ3) is 3.04. The summed E-state index contributed by atoms with van der Waals surface area (Å²) >= 11 is 0. The van der Waals surface area contributed by atoms with Crippen LogP contribution in [0.1, 0.15) is 24.8 Å². The Balaban J connectivity index is 1.61. The number of rotatable bonds is 4. The molecule has 3 rings (SSSR count). The van der Waals surface area contributed by atoms with Crippen molar-refractivity contribution in [3.63, 3.8) is 0 Å². The van der Waals surface area contributed by atoms with Crippen molar-refractivity contribution < 1.29 is 14.6 Å². The summed E-state index contributed by atoms with van der Waals surface area (Å²) in [5, 5.41) is 12.6. The zero-order chi connectivity index (χ0) is 14.7. The Morgan fingerprint density at radius 2 is 2.14 bits per heavy atom. The molecule has 0 spiro atoms. The largest absolute Gasteiger partial charge is 0.445 e. The maximum atomic E-state index is 12.4. The van der Waals surface area contributed by atoms with Gasteiger partial charge >= 0.3 is 6.09 Å². The number of nitrogens with zero attached hydrogens (tertiary/aromatic N) is 1. The molecule has 0 aromatic heterocycles. The van der Waals surface area contributed by atoms with Crippen molar-refractivity contribution in [1.29, 1.82) is 0 Å². The molecule has 0 radical (unpaired) electrons. The first-order valence-corrected chi connectivity index (χ1v) is 7.63. The predicted octanol–water partition coefficient (Wildman–Crippen LogP) is 1.51. The highest BCUT2D eigenvalue weighted by Gasteiger charge is 2.45. The molecule has 1 aromatic carbocycles. The predicted molar refractivity (Wildman–Crippen MR) is 78.8 cm³/mol. The average Bonchev–Trinajstić information content (AvgIpc) is 2.84. The molecule has 2 aliphatic heterocycles. The minimum absolute atomic E-state index is 0.145. The van der Waals surface area contributed by atoms with E-state index in [1.54, 1.807) is 0 Å². The van der Waals surface area contributed by atoms with E-state index in [1.165, 1.54) is 0 Å². The van der Waals surface area contributed by atoms with Crippen molar-refractivity contribution in [2.24, 2.45) is 0 Å². The number of fused-ring (bicyclic) bond motifs is 2. The highest BCUT2D eigenvalue weighted by atomic mass is 16.6. The van der Waals surface area contributed by atoms with Crippen LogP contribution < -0.4 is 5.32 Å². The average molecular weight is 290 g/mol. The van der Waals surface area contributed by atoms with Gasteiger partial charge in [0.05, 0.1) is 6.04 Å². The van der Waals surface area contributed by atoms with E-state index in [0.29, 0.717) is 13.0 Å². The lowest BCUT2D eigenvalue weighted by Crippen LogP contribution is -2.59. The molecule has 0 aliphatic carbocycles. The molecule has 2 bridgehead atoms. The van der Waals surface area contributed by atoms with Crippen LogP contribution in [0.15, 0.2) is 30.3 Å². The molecule has 2 fully saturated rings. The first-order valence-electron chi connectivity index (χ1n) is 7.63. The second-order valence-electron chi connectivity index (χ2n) is 5.77. The summed E-state index contributed by atoms with van der Waals surface area (Å²) in [4.78, 5) is 14.3. The number of nitrogens with one attached hydrogen (secondary N) is 1. The summed E-state index contributed by atoms with van der Waals surface area (Å²) in [5.41, 5.74) is 1.00. The van der Waals surface area contributed by atoms with Crippen molar-refractivity contribution in [1.82, 2.24) is 10.2 Å². The van der Waals surface area contributed by atoms with Gasteiger partial charge in [-0.25, -0.2) is 4.79 Å². The highest BCUT2D eigenvalue weighted by molar-refractivity contribution is 5.69. The van der Waals surface area contributed by atoms with Crippen LogP contribution >= 0.6 is 0 Å². The first-order chi connectivity index (χ1) is 10.3. The summed E-state index contributed by atoms with van der Waals surface area (Å²) in [5.74, 6) is 0. The molecule has 0 unspecified atom stereocenters. The molecule has 2 aliphatic rings. The van der Waals surface area contributed by atoms with Crippen LogP contribution in [-0.2, 0) is 11.3 Å².